The Morgan fingerprint density at radius 1 is 1.20 bits per heavy atom. The third kappa shape index (κ3) is 4.29. The zero-order valence-corrected chi connectivity index (χ0v) is 12.0. The van der Waals surface area contributed by atoms with Gasteiger partial charge in [-0.05, 0) is 31.6 Å². The molecule has 1 fully saturated rings. The summed E-state index contributed by atoms with van der Waals surface area (Å²) in [6, 6.07) is 7.90. The van der Waals surface area contributed by atoms with Crippen LogP contribution in [0, 0.1) is 0 Å². The predicted molar refractivity (Wildman–Crippen MR) is 75.7 cm³/mol. The van der Waals surface area contributed by atoms with Crippen LogP contribution in [-0.2, 0) is 14.8 Å². The van der Waals surface area contributed by atoms with Crippen molar-refractivity contribution in [2.75, 3.05) is 32.7 Å². The molecule has 7 heteroatoms. The molecule has 1 aromatic carbocycles. The smallest absolute Gasteiger partial charge is 0.264 e. The van der Waals surface area contributed by atoms with Gasteiger partial charge in [-0.15, -0.1) is 0 Å². The van der Waals surface area contributed by atoms with Crippen LogP contribution in [-0.4, -0.2) is 51.9 Å². The van der Waals surface area contributed by atoms with Crippen LogP contribution in [0.5, 0.6) is 0 Å². The molecule has 1 aliphatic heterocycles. The number of sulfonamides is 1. The van der Waals surface area contributed by atoms with Gasteiger partial charge in [0.05, 0.1) is 11.4 Å². The van der Waals surface area contributed by atoms with Crippen molar-refractivity contribution in [1.29, 1.82) is 0 Å². The fourth-order valence-electron chi connectivity index (χ4n) is 2.10. The number of hydrogen-bond acceptors (Lipinski definition) is 5. The molecule has 1 aromatic rings. The Hall–Kier alpha value is -1.44. The molecular formula is C13H19N3O3S. The lowest BCUT2D eigenvalue weighted by Gasteiger charge is -2.18. The maximum absolute atomic E-state index is 12.0. The minimum absolute atomic E-state index is 0.103. The zero-order chi connectivity index (χ0) is 14.4. The van der Waals surface area contributed by atoms with E-state index < -0.39 is 15.9 Å². The minimum atomic E-state index is -3.76. The fraction of sp³-hybridized carbons (Fsp3) is 0.462. The lowest BCUT2D eigenvalue weighted by Crippen LogP contribution is -2.41. The number of nitrogens with zero attached hydrogens (tertiary/aromatic N) is 1. The SMILES string of the molecule is O=C(CN1CCCNCC1)NS(=O)(=O)c1ccccc1. The minimum Gasteiger partial charge on any atom is -0.315 e. The summed E-state index contributed by atoms with van der Waals surface area (Å²) in [5.41, 5.74) is 0. The van der Waals surface area contributed by atoms with Gasteiger partial charge < -0.3 is 5.32 Å². The lowest BCUT2D eigenvalue weighted by molar-refractivity contribution is -0.120. The van der Waals surface area contributed by atoms with E-state index in [4.69, 9.17) is 0 Å². The van der Waals surface area contributed by atoms with E-state index in [1.54, 1.807) is 18.2 Å². The summed E-state index contributed by atoms with van der Waals surface area (Å²) < 4.78 is 26.1. The first-order chi connectivity index (χ1) is 9.58. The third-order valence-electron chi connectivity index (χ3n) is 3.10. The number of carbonyl (C=O) groups is 1. The predicted octanol–water partition coefficient (Wildman–Crippen LogP) is -0.213. The molecule has 20 heavy (non-hydrogen) atoms. The Kier molecular flexibility index (Phi) is 5.11. The summed E-state index contributed by atoms with van der Waals surface area (Å²) in [4.78, 5) is 13.9. The average molecular weight is 297 g/mol. The van der Waals surface area contributed by atoms with Crippen molar-refractivity contribution < 1.29 is 13.2 Å². The fourth-order valence-corrected chi connectivity index (χ4v) is 3.10. The Labute approximate surface area is 119 Å². The van der Waals surface area contributed by atoms with Crippen LogP contribution in [0.4, 0.5) is 0 Å². The van der Waals surface area contributed by atoms with Crippen molar-refractivity contribution in [3.63, 3.8) is 0 Å². The molecule has 0 bridgehead atoms. The van der Waals surface area contributed by atoms with Gasteiger partial charge in [-0.3, -0.25) is 9.69 Å². The van der Waals surface area contributed by atoms with Crippen LogP contribution < -0.4 is 10.0 Å². The van der Waals surface area contributed by atoms with Gasteiger partial charge in [-0.2, -0.15) is 0 Å². The summed E-state index contributed by atoms with van der Waals surface area (Å²) in [5.74, 6) is -0.490. The molecule has 110 valence electrons. The van der Waals surface area contributed by atoms with Crippen LogP contribution in [0.3, 0.4) is 0 Å². The number of rotatable bonds is 4. The molecule has 0 radical (unpaired) electrons. The van der Waals surface area contributed by atoms with E-state index >= 15 is 0 Å². The van der Waals surface area contributed by atoms with Gasteiger partial charge >= 0.3 is 0 Å². The van der Waals surface area contributed by atoms with E-state index in [9.17, 15) is 13.2 Å². The van der Waals surface area contributed by atoms with E-state index in [1.165, 1.54) is 12.1 Å². The van der Waals surface area contributed by atoms with Gasteiger partial charge in [-0.25, -0.2) is 13.1 Å². The van der Waals surface area contributed by atoms with E-state index in [1.807, 2.05) is 4.90 Å². The molecule has 0 aromatic heterocycles. The summed E-state index contributed by atoms with van der Waals surface area (Å²) in [6.45, 7) is 3.40. The normalized spacial score (nSPS) is 17.4. The van der Waals surface area contributed by atoms with E-state index in [2.05, 4.69) is 10.0 Å². The molecule has 0 spiro atoms. The second-order valence-electron chi connectivity index (χ2n) is 4.72. The van der Waals surface area contributed by atoms with Crippen molar-refractivity contribution in [1.82, 2.24) is 14.9 Å². The Balaban J connectivity index is 1.93. The molecule has 0 aliphatic carbocycles. The van der Waals surface area contributed by atoms with Crippen molar-refractivity contribution >= 4 is 15.9 Å². The molecule has 1 heterocycles. The summed E-state index contributed by atoms with van der Waals surface area (Å²) >= 11 is 0. The first-order valence-electron chi connectivity index (χ1n) is 6.62. The Morgan fingerprint density at radius 2 is 1.95 bits per heavy atom. The summed E-state index contributed by atoms with van der Waals surface area (Å²) in [7, 11) is -3.76. The topological polar surface area (TPSA) is 78.5 Å². The Morgan fingerprint density at radius 3 is 2.70 bits per heavy atom. The van der Waals surface area contributed by atoms with Crippen LogP contribution in [0.15, 0.2) is 35.2 Å². The molecule has 1 aliphatic rings. The number of carbonyl (C=O) groups excluding carboxylic acids is 1. The third-order valence-corrected chi connectivity index (χ3v) is 4.49. The molecule has 6 nitrogen and oxygen atoms in total. The largest absolute Gasteiger partial charge is 0.315 e. The highest BCUT2D eigenvalue weighted by atomic mass is 32.2. The summed E-state index contributed by atoms with van der Waals surface area (Å²) in [6.07, 6.45) is 0.957. The first kappa shape index (κ1) is 15.0. The number of benzene rings is 1. The highest BCUT2D eigenvalue weighted by molar-refractivity contribution is 7.90. The summed E-state index contributed by atoms with van der Waals surface area (Å²) in [5, 5.41) is 3.23. The highest BCUT2D eigenvalue weighted by Gasteiger charge is 2.19. The average Bonchev–Trinajstić information content (AvgIpc) is 2.67. The highest BCUT2D eigenvalue weighted by Crippen LogP contribution is 2.07. The van der Waals surface area contributed by atoms with Gasteiger partial charge in [0.25, 0.3) is 10.0 Å². The molecule has 1 amide bonds. The number of nitrogens with one attached hydrogen (secondary N) is 2. The van der Waals surface area contributed by atoms with Crippen LogP contribution in [0.2, 0.25) is 0 Å². The van der Waals surface area contributed by atoms with Crippen molar-refractivity contribution in [3.8, 4) is 0 Å². The van der Waals surface area contributed by atoms with Gasteiger partial charge in [-0.1, -0.05) is 18.2 Å². The van der Waals surface area contributed by atoms with Gasteiger partial charge in [0.1, 0.15) is 0 Å². The van der Waals surface area contributed by atoms with Crippen molar-refractivity contribution in [2.45, 2.75) is 11.3 Å². The zero-order valence-electron chi connectivity index (χ0n) is 11.2. The van der Waals surface area contributed by atoms with Gasteiger partial charge in [0.2, 0.25) is 5.91 Å². The Bertz CT molecular complexity index is 537. The standard InChI is InChI=1S/C13H19N3O3S/c17-13(11-16-9-4-7-14-8-10-16)15-20(18,19)12-5-2-1-3-6-12/h1-3,5-6,14H,4,7-11H2,(H,15,17). The molecule has 2 N–H and O–H groups in total. The van der Waals surface area contributed by atoms with Crippen molar-refractivity contribution in [2.24, 2.45) is 0 Å². The van der Waals surface area contributed by atoms with Crippen LogP contribution >= 0.6 is 0 Å². The lowest BCUT2D eigenvalue weighted by atomic mass is 10.4. The molecule has 2 rings (SSSR count). The molecular weight excluding hydrogens is 278 g/mol. The monoisotopic (exact) mass is 297 g/mol. The maximum atomic E-state index is 12.0. The molecule has 1 saturated heterocycles. The number of amides is 1. The first-order valence-corrected chi connectivity index (χ1v) is 8.10. The quantitative estimate of drug-likeness (QED) is 0.804. The van der Waals surface area contributed by atoms with E-state index in [0.717, 1.165) is 32.6 Å². The van der Waals surface area contributed by atoms with Gasteiger partial charge in [0, 0.05) is 13.1 Å². The molecule has 0 atom stereocenters. The van der Waals surface area contributed by atoms with Crippen LogP contribution in [0.25, 0.3) is 0 Å². The van der Waals surface area contributed by atoms with Crippen molar-refractivity contribution in [3.05, 3.63) is 30.3 Å². The van der Waals surface area contributed by atoms with E-state index in [-0.39, 0.29) is 11.4 Å². The maximum Gasteiger partial charge on any atom is 0.264 e. The van der Waals surface area contributed by atoms with Crippen LogP contribution in [0.1, 0.15) is 6.42 Å². The second-order valence-corrected chi connectivity index (χ2v) is 6.40. The number of hydrogen-bond donors (Lipinski definition) is 2. The second kappa shape index (κ2) is 6.83. The molecule has 0 unspecified atom stereocenters. The van der Waals surface area contributed by atoms with Gasteiger partial charge in [0.15, 0.2) is 0 Å². The van der Waals surface area contributed by atoms with E-state index in [0.29, 0.717) is 0 Å². The molecule has 0 saturated carbocycles.